The zero-order chi connectivity index (χ0) is 12.6. The van der Waals surface area contributed by atoms with Crippen molar-refractivity contribution in [1.29, 1.82) is 0 Å². The minimum Gasteiger partial charge on any atom is -0.379 e. The first kappa shape index (κ1) is 15.5. The van der Waals surface area contributed by atoms with E-state index in [0.717, 1.165) is 25.9 Å². The van der Waals surface area contributed by atoms with Crippen LogP contribution in [0.15, 0.2) is 0 Å². The van der Waals surface area contributed by atoms with Crippen LogP contribution in [0.5, 0.6) is 0 Å². The number of nitrogens with one attached hydrogen (secondary N) is 1. The molecule has 3 aliphatic rings. The van der Waals surface area contributed by atoms with Gasteiger partial charge in [0.25, 0.3) is 10.2 Å². The molecule has 3 fully saturated rings. The Morgan fingerprint density at radius 3 is 2.42 bits per heavy atom. The van der Waals surface area contributed by atoms with Gasteiger partial charge in [-0.15, -0.1) is 12.4 Å². The molecule has 1 N–H and O–H groups in total. The van der Waals surface area contributed by atoms with Crippen LogP contribution < -0.4 is 5.32 Å². The number of hydrogen-bond acceptors (Lipinski definition) is 4. The van der Waals surface area contributed by atoms with Crippen LogP contribution in [0.4, 0.5) is 0 Å². The summed E-state index contributed by atoms with van der Waals surface area (Å²) in [6.45, 7) is 5.34. The van der Waals surface area contributed by atoms with E-state index in [9.17, 15) is 8.42 Å². The van der Waals surface area contributed by atoms with E-state index < -0.39 is 10.2 Å². The Morgan fingerprint density at radius 1 is 1.05 bits per heavy atom. The Kier molecular flexibility index (Phi) is 4.75. The minimum atomic E-state index is -3.27. The molecular weight excluding hydrogens is 290 g/mol. The first-order valence-electron chi connectivity index (χ1n) is 6.66. The molecule has 3 heterocycles. The zero-order valence-electron chi connectivity index (χ0n) is 11.0. The van der Waals surface area contributed by atoms with Gasteiger partial charge >= 0.3 is 0 Å². The van der Waals surface area contributed by atoms with Crippen LogP contribution in [0.2, 0.25) is 0 Å². The summed E-state index contributed by atoms with van der Waals surface area (Å²) in [4.78, 5) is 0. The molecule has 0 aromatic heterocycles. The molecule has 0 aliphatic carbocycles. The van der Waals surface area contributed by atoms with E-state index in [2.05, 4.69) is 5.32 Å². The summed E-state index contributed by atoms with van der Waals surface area (Å²) in [5.41, 5.74) is 0.194. The minimum absolute atomic E-state index is 0. The second-order valence-electron chi connectivity index (χ2n) is 5.53. The molecule has 0 bridgehead atoms. The van der Waals surface area contributed by atoms with Crippen LogP contribution in [0, 0.1) is 5.41 Å². The Morgan fingerprint density at radius 2 is 1.79 bits per heavy atom. The molecule has 1 unspecified atom stereocenters. The van der Waals surface area contributed by atoms with Gasteiger partial charge < -0.3 is 10.1 Å². The summed E-state index contributed by atoms with van der Waals surface area (Å²) in [6, 6.07) is 0. The standard InChI is InChI=1S/C11H21N3O3S.ClH/c15-18(16,13-5-7-17-8-6-13)14-4-2-11(10-14)1-3-12-9-11;/h12H,1-10H2;1H. The average molecular weight is 312 g/mol. The van der Waals surface area contributed by atoms with Crippen molar-refractivity contribution in [2.45, 2.75) is 12.8 Å². The second-order valence-corrected chi connectivity index (χ2v) is 7.46. The average Bonchev–Trinajstić information content (AvgIpc) is 3.02. The summed E-state index contributed by atoms with van der Waals surface area (Å²) in [6.07, 6.45) is 2.09. The highest BCUT2D eigenvalue weighted by molar-refractivity contribution is 7.86. The van der Waals surface area contributed by atoms with Crippen LogP contribution in [0.25, 0.3) is 0 Å². The summed E-state index contributed by atoms with van der Waals surface area (Å²) in [7, 11) is -3.27. The van der Waals surface area contributed by atoms with Gasteiger partial charge in [0.1, 0.15) is 0 Å². The fraction of sp³-hybridized carbons (Fsp3) is 1.00. The monoisotopic (exact) mass is 311 g/mol. The van der Waals surface area contributed by atoms with Crippen LogP contribution >= 0.6 is 12.4 Å². The van der Waals surface area contributed by atoms with Gasteiger partial charge in [-0.05, 0) is 24.8 Å². The van der Waals surface area contributed by atoms with Gasteiger partial charge in [-0.1, -0.05) is 0 Å². The SMILES string of the molecule is Cl.O=S(=O)(N1CCOCC1)N1CCC2(CCNC2)C1. The van der Waals surface area contributed by atoms with Crippen molar-refractivity contribution in [3.8, 4) is 0 Å². The number of morpholine rings is 1. The van der Waals surface area contributed by atoms with Crippen molar-refractivity contribution in [1.82, 2.24) is 13.9 Å². The molecule has 19 heavy (non-hydrogen) atoms. The quantitative estimate of drug-likeness (QED) is 0.759. The third-order valence-electron chi connectivity index (χ3n) is 4.36. The maximum Gasteiger partial charge on any atom is 0.282 e. The molecule has 0 aromatic carbocycles. The molecule has 0 radical (unpaired) electrons. The largest absolute Gasteiger partial charge is 0.379 e. The Labute approximate surface area is 121 Å². The highest BCUT2D eigenvalue weighted by Gasteiger charge is 2.45. The van der Waals surface area contributed by atoms with Gasteiger partial charge in [0, 0.05) is 32.7 Å². The molecule has 3 saturated heterocycles. The van der Waals surface area contributed by atoms with Crippen molar-refractivity contribution >= 4 is 22.6 Å². The molecule has 1 atom stereocenters. The van der Waals surface area contributed by atoms with Gasteiger partial charge in [0.2, 0.25) is 0 Å². The van der Waals surface area contributed by atoms with E-state index in [-0.39, 0.29) is 17.8 Å². The highest BCUT2D eigenvalue weighted by Crippen LogP contribution is 2.37. The van der Waals surface area contributed by atoms with E-state index in [4.69, 9.17) is 4.74 Å². The number of rotatable bonds is 2. The van der Waals surface area contributed by atoms with Crippen molar-refractivity contribution in [3.05, 3.63) is 0 Å². The highest BCUT2D eigenvalue weighted by atomic mass is 35.5. The van der Waals surface area contributed by atoms with Gasteiger partial charge in [0.05, 0.1) is 13.2 Å². The molecule has 0 saturated carbocycles. The predicted molar refractivity (Wildman–Crippen MR) is 74.7 cm³/mol. The third-order valence-corrected chi connectivity index (χ3v) is 6.34. The van der Waals surface area contributed by atoms with Gasteiger partial charge in [0.15, 0.2) is 0 Å². The molecule has 0 amide bonds. The van der Waals surface area contributed by atoms with Crippen LogP contribution in [0.1, 0.15) is 12.8 Å². The van der Waals surface area contributed by atoms with E-state index in [0.29, 0.717) is 39.4 Å². The number of nitrogens with zero attached hydrogens (tertiary/aromatic N) is 2. The van der Waals surface area contributed by atoms with Crippen molar-refractivity contribution in [2.75, 3.05) is 52.5 Å². The van der Waals surface area contributed by atoms with E-state index in [1.54, 1.807) is 8.61 Å². The molecule has 6 nitrogen and oxygen atoms in total. The second kappa shape index (κ2) is 5.83. The fourth-order valence-electron chi connectivity index (χ4n) is 3.18. The van der Waals surface area contributed by atoms with E-state index in [1.165, 1.54) is 0 Å². The van der Waals surface area contributed by atoms with Crippen molar-refractivity contribution < 1.29 is 13.2 Å². The first-order valence-corrected chi connectivity index (χ1v) is 8.06. The lowest BCUT2D eigenvalue weighted by molar-refractivity contribution is 0.0704. The topological polar surface area (TPSA) is 61.9 Å². The van der Waals surface area contributed by atoms with Crippen molar-refractivity contribution in [2.24, 2.45) is 5.41 Å². The zero-order valence-corrected chi connectivity index (χ0v) is 12.6. The lowest BCUT2D eigenvalue weighted by Crippen LogP contribution is -2.48. The molecular formula is C11H22ClN3O3S. The number of ether oxygens (including phenoxy) is 1. The molecule has 112 valence electrons. The predicted octanol–water partition coefficient (Wildman–Crippen LogP) is -0.329. The number of halogens is 1. The Balaban J connectivity index is 0.00000133. The lowest BCUT2D eigenvalue weighted by atomic mass is 9.87. The summed E-state index contributed by atoms with van der Waals surface area (Å²) < 4.78 is 33.5. The molecule has 0 aromatic rings. The van der Waals surface area contributed by atoms with Gasteiger partial charge in [-0.25, -0.2) is 0 Å². The van der Waals surface area contributed by atoms with Crippen molar-refractivity contribution in [3.63, 3.8) is 0 Å². The fourth-order valence-corrected chi connectivity index (χ4v) is 4.87. The summed E-state index contributed by atoms with van der Waals surface area (Å²) in [5.74, 6) is 0. The van der Waals surface area contributed by atoms with Crippen LogP contribution in [-0.2, 0) is 14.9 Å². The maximum absolute atomic E-state index is 12.5. The number of hydrogen-bond donors (Lipinski definition) is 1. The van der Waals surface area contributed by atoms with Gasteiger partial charge in [-0.2, -0.15) is 17.0 Å². The van der Waals surface area contributed by atoms with Gasteiger partial charge in [-0.3, -0.25) is 0 Å². The Bertz CT molecular complexity index is 405. The molecule has 3 rings (SSSR count). The Hall–Kier alpha value is 0.0800. The summed E-state index contributed by atoms with van der Waals surface area (Å²) >= 11 is 0. The van der Waals surface area contributed by atoms with E-state index in [1.807, 2.05) is 0 Å². The molecule has 8 heteroatoms. The lowest BCUT2D eigenvalue weighted by Gasteiger charge is -2.31. The molecule has 1 spiro atoms. The smallest absolute Gasteiger partial charge is 0.282 e. The third kappa shape index (κ3) is 2.91. The summed E-state index contributed by atoms with van der Waals surface area (Å²) in [5, 5.41) is 3.35. The van der Waals surface area contributed by atoms with E-state index >= 15 is 0 Å². The molecule has 3 aliphatic heterocycles. The van der Waals surface area contributed by atoms with Crippen LogP contribution in [-0.4, -0.2) is 69.5 Å². The first-order chi connectivity index (χ1) is 8.62. The van der Waals surface area contributed by atoms with Crippen LogP contribution in [0.3, 0.4) is 0 Å². The normalized spacial score (nSPS) is 33.7. The maximum atomic E-state index is 12.5.